The van der Waals surface area contributed by atoms with Crippen LogP contribution in [0.15, 0.2) is 47.4 Å². The molecule has 3 nitrogen and oxygen atoms in total. The van der Waals surface area contributed by atoms with Crippen LogP contribution in [0.1, 0.15) is 5.56 Å². The summed E-state index contributed by atoms with van der Waals surface area (Å²) in [5.74, 6) is -0.455. The van der Waals surface area contributed by atoms with Gasteiger partial charge in [-0.25, -0.2) is 0 Å². The second-order valence-electron chi connectivity index (χ2n) is 4.00. The molecule has 2 rings (SSSR count). The number of ether oxygens (including phenoxy) is 1. The van der Waals surface area contributed by atoms with Gasteiger partial charge in [-0.3, -0.25) is 0 Å². The lowest BCUT2D eigenvalue weighted by Crippen LogP contribution is -2.05. The van der Waals surface area contributed by atoms with Gasteiger partial charge in [0, 0.05) is 16.9 Å². The van der Waals surface area contributed by atoms with E-state index < -0.39 is 17.5 Å². The Morgan fingerprint density at radius 2 is 1.62 bits per heavy atom. The van der Waals surface area contributed by atoms with Gasteiger partial charge < -0.3 is 14.0 Å². The van der Waals surface area contributed by atoms with Crippen molar-refractivity contribution in [1.29, 1.82) is 0 Å². The fourth-order valence-corrected chi connectivity index (χ4v) is 2.04. The van der Waals surface area contributed by atoms with E-state index in [1.165, 1.54) is 13.2 Å². The highest BCUT2D eigenvalue weighted by molar-refractivity contribution is 7.94. The van der Waals surface area contributed by atoms with E-state index in [9.17, 15) is 18.3 Å². The van der Waals surface area contributed by atoms with Crippen molar-refractivity contribution in [2.45, 2.75) is 11.1 Å². The Hall–Kier alpha value is -1.86. The Balaban J connectivity index is 2.20. The third-order valence-corrected chi connectivity index (χ3v) is 3.14. The molecule has 0 saturated heterocycles. The minimum atomic E-state index is -4.64. The first-order chi connectivity index (χ1) is 9.90. The van der Waals surface area contributed by atoms with Crippen molar-refractivity contribution in [2.24, 2.45) is 0 Å². The molecule has 0 heterocycles. The first-order valence-electron chi connectivity index (χ1n) is 5.79. The number of halogens is 3. The third-order valence-electron chi connectivity index (χ3n) is 2.51. The Morgan fingerprint density at radius 3 is 2.19 bits per heavy atom. The van der Waals surface area contributed by atoms with Crippen LogP contribution in [0.3, 0.4) is 0 Å². The first kappa shape index (κ1) is 15.5. The molecule has 2 aromatic carbocycles. The number of hydrogen-bond acceptors (Lipinski definition) is 4. The third kappa shape index (κ3) is 4.05. The maximum atomic E-state index is 12.7. The van der Waals surface area contributed by atoms with Crippen molar-refractivity contribution in [3.05, 3.63) is 48.0 Å². The standard InChI is InChI=1S/C14H11F3O3S/c1-19-21-11-5-2-9(3-6-11)20-10-4-7-13(18)12(8-10)14(15,16)17/h2-8,18H,1H3. The zero-order valence-corrected chi connectivity index (χ0v) is 11.7. The van der Waals surface area contributed by atoms with E-state index in [1.54, 1.807) is 24.3 Å². The van der Waals surface area contributed by atoms with Gasteiger partial charge in [0.1, 0.15) is 22.8 Å². The van der Waals surface area contributed by atoms with Crippen LogP contribution in [-0.2, 0) is 10.4 Å². The van der Waals surface area contributed by atoms with Gasteiger partial charge in [-0.05, 0) is 42.5 Å². The Morgan fingerprint density at radius 1 is 1.00 bits per heavy atom. The van der Waals surface area contributed by atoms with E-state index in [4.69, 9.17) is 8.92 Å². The molecule has 0 radical (unpaired) electrons. The summed E-state index contributed by atoms with van der Waals surface area (Å²) >= 11 is 1.16. The monoisotopic (exact) mass is 316 g/mol. The van der Waals surface area contributed by atoms with E-state index in [1.807, 2.05) is 0 Å². The van der Waals surface area contributed by atoms with Crippen molar-refractivity contribution < 1.29 is 27.2 Å². The van der Waals surface area contributed by atoms with Gasteiger partial charge in [0.25, 0.3) is 0 Å². The smallest absolute Gasteiger partial charge is 0.420 e. The molecule has 0 amide bonds. The zero-order valence-electron chi connectivity index (χ0n) is 10.8. The number of aromatic hydroxyl groups is 1. The quantitative estimate of drug-likeness (QED) is 0.818. The SMILES string of the molecule is COSc1ccc(Oc2ccc(O)c(C(F)(F)F)c2)cc1. The average Bonchev–Trinajstić information content (AvgIpc) is 2.42. The summed E-state index contributed by atoms with van der Waals surface area (Å²) in [6.45, 7) is 0. The second-order valence-corrected chi connectivity index (χ2v) is 4.97. The fraction of sp³-hybridized carbons (Fsp3) is 0.143. The van der Waals surface area contributed by atoms with Crippen molar-refractivity contribution in [1.82, 2.24) is 0 Å². The summed E-state index contributed by atoms with van der Waals surface area (Å²) in [7, 11) is 1.53. The van der Waals surface area contributed by atoms with Gasteiger partial charge in [0.15, 0.2) is 0 Å². The number of hydrogen-bond donors (Lipinski definition) is 1. The maximum Gasteiger partial charge on any atom is 0.420 e. The average molecular weight is 316 g/mol. The van der Waals surface area contributed by atoms with Crippen LogP contribution in [0.2, 0.25) is 0 Å². The van der Waals surface area contributed by atoms with Crippen LogP contribution in [0.25, 0.3) is 0 Å². The molecule has 1 N–H and O–H groups in total. The molecular weight excluding hydrogens is 305 g/mol. The highest BCUT2D eigenvalue weighted by atomic mass is 32.2. The number of rotatable bonds is 4. The van der Waals surface area contributed by atoms with Crippen LogP contribution in [-0.4, -0.2) is 12.2 Å². The van der Waals surface area contributed by atoms with E-state index in [0.29, 0.717) is 5.75 Å². The van der Waals surface area contributed by atoms with Crippen molar-refractivity contribution in [3.8, 4) is 17.2 Å². The highest BCUT2D eigenvalue weighted by Crippen LogP contribution is 2.38. The largest absolute Gasteiger partial charge is 0.507 e. The van der Waals surface area contributed by atoms with Crippen LogP contribution in [0, 0.1) is 0 Å². The van der Waals surface area contributed by atoms with Crippen LogP contribution >= 0.6 is 12.0 Å². The maximum absolute atomic E-state index is 12.7. The van der Waals surface area contributed by atoms with Crippen LogP contribution in [0.5, 0.6) is 17.2 Å². The predicted octanol–water partition coefficient (Wildman–Crippen LogP) is 4.86. The molecule has 112 valence electrons. The molecule has 0 aromatic heterocycles. The van der Waals surface area contributed by atoms with E-state index in [0.717, 1.165) is 29.1 Å². The molecule has 7 heteroatoms. The zero-order chi connectivity index (χ0) is 15.5. The van der Waals surface area contributed by atoms with Crippen molar-refractivity contribution in [2.75, 3.05) is 7.11 Å². The van der Waals surface area contributed by atoms with Gasteiger partial charge in [0.05, 0.1) is 7.11 Å². The molecule has 2 aromatic rings. The van der Waals surface area contributed by atoms with Gasteiger partial charge in [-0.1, -0.05) is 0 Å². The Labute approximate surface area is 123 Å². The summed E-state index contributed by atoms with van der Waals surface area (Å²) in [5, 5.41) is 9.24. The molecular formula is C14H11F3O3S. The molecule has 0 saturated carbocycles. The number of benzene rings is 2. The molecule has 0 aliphatic rings. The minimum absolute atomic E-state index is 0.00716. The number of alkyl halides is 3. The predicted molar refractivity (Wildman–Crippen MR) is 72.5 cm³/mol. The highest BCUT2D eigenvalue weighted by Gasteiger charge is 2.34. The molecule has 0 bridgehead atoms. The van der Waals surface area contributed by atoms with Gasteiger partial charge in [-0.15, -0.1) is 0 Å². The lowest BCUT2D eigenvalue weighted by molar-refractivity contribution is -0.138. The Kier molecular flexibility index (Phi) is 4.64. The summed E-state index contributed by atoms with van der Waals surface area (Å²) in [6.07, 6.45) is -4.64. The summed E-state index contributed by atoms with van der Waals surface area (Å²) < 4.78 is 48.2. The van der Waals surface area contributed by atoms with Crippen molar-refractivity contribution >= 4 is 12.0 Å². The van der Waals surface area contributed by atoms with E-state index in [-0.39, 0.29) is 5.75 Å². The molecule has 0 aliphatic heterocycles. The van der Waals surface area contributed by atoms with E-state index >= 15 is 0 Å². The van der Waals surface area contributed by atoms with E-state index in [2.05, 4.69) is 0 Å². The van der Waals surface area contributed by atoms with Crippen molar-refractivity contribution in [3.63, 3.8) is 0 Å². The fourth-order valence-electron chi connectivity index (χ4n) is 1.60. The van der Waals surface area contributed by atoms with Gasteiger partial charge in [0.2, 0.25) is 0 Å². The molecule has 0 aliphatic carbocycles. The Bertz CT molecular complexity index is 612. The van der Waals surface area contributed by atoms with Gasteiger partial charge in [-0.2, -0.15) is 13.2 Å². The molecule has 0 spiro atoms. The normalized spacial score (nSPS) is 11.4. The molecule has 0 fully saturated rings. The second kappa shape index (κ2) is 6.28. The summed E-state index contributed by atoms with van der Waals surface area (Å²) in [5.41, 5.74) is -1.13. The summed E-state index contributed by atoms with van der Waals surface area (Å²) in [6, 6.07) is 9.63. The van der Waals surface area contributed by atoms with Crippen LogP contribution < -0.4 is 4.74 Å². The molecule has 0 unspecified atom stereocenters. The number of phenols is 1. The van der Waals surface area contributed by atoms with Gasteiger partial charge >= 0.3 is 6.18 Å². The summed E-state index contributed by atoms with van der Waals surface area (Å²) in [4.78, 5) is 0.839. The minimum Gasteiger partial charge on any atom is -0.507 e. The number of phenolic OH excluding ortho intramolecular Hbond substituents is 1. The first-order valence-corrected chi connectivity index (χ1v) is 6.53. The lowest BCUT2D eigenvalue weighted by Gasteiger charge is -2.12. The topological polar surface area (TPSA) is 38.7 Å². The van der Waals surface area contributed by atoms with Crippen LogP contribution in [0.4, 0.5) is 13.2 Å². The lowest BCUT2D eigenvalue weighted by atomic mass is 10.2. The molecule has 0 atom stereocenters. The molecule has 21 heavy (non-hydrogen) atoms.